The lowest BCUT2D eigenvalue weighted by atomic mass is 9.93. The maximum absolute atomic E-state index is 3.57. The predicted octanol–water partition coefficient (Wildman–Crippen LogP) is 3.03. The molecule has 0 heterocycles. The number of rotatable bonds is 3. The molecule has 0 spiro atoms. The smallest absolute Gasteiger partial charge is 0.0392 e. The summed E-state index contributed by atoms with van der Waals surface area (Å²) in [5.74, 6) is 0. The van der Waals surface area contributed by atoms with Crippen molar-refractivity contribution in [1.29, 1.82) is 0 Å². The van der Waals surface area contributed by atoms with Gasteiger partial charge in [0.1, 0.15) is 0 Å². The first kappa shape index (κ1) is 10.3. The average molecular weight is 204 g/mol. The third-order valence-corrected chi connectivity index (χ3v) is 3.15. The first-order chi connectivity index (χ1) is 7.16. The monoisotopic (exact) mass is 204 g/mol. The normalized spacial score (nSPS) is 15.9. The summed E-state index contributed by atoms with van der Waals surface area (Å²) in [6, 6.07) is 7.33. The fourth-order valence-corrected chi connectivity index (χ4v) is 2.04. The number of hydrogen-bond acceptors (Lipinski definition) is 2. The molecule has 1 aromatic carbocycles. The second kappa shape index (κ2) is 4.13. The van der Waals surface area contributed by atoms with Gasteiger partial charge in [-0.1, -0.05) is 0 Å². The van der Waals surface area contributed by atoms with Gasteiger partial charge in [-0.15, -0.1) is 0 Å². The Morgan fingerprint density at radius 1 is 1.27 bits per heavy atom. The van der Waals surface area contributed by atoms with Crippen LogP contribution in [0.5, 0.6) is 0 Å². The van der Waals surface area contributed by atoms with Gasteiger partial charge in [-0.05, 0) is 49.9 Å². The van der Waals surface area contributed by atoms with Gasteiger partial charge in [-0.3, -0.25) is 0 Å². The van der Waals surface area contributed by atoms with Crippen LogP contribution in [0.1, 0.15) is 24.8 Å². The third-order valence-electron chi connectivity index (χ3n) is 3.15. The van der Waals surface area contributed by atoms with Crippen molar-refractivity contribution in [2.24, 2.45) is 0 Å². The first-order valence-electron chi connectivity index (χ1n) is 5.71. The highest BCUT2D eigenvalue weighted by Gasteiger charge is 2.16. The summed E-state index contributed by atoms with van der Waals surface area (Å²) in [5, 5.41) is 3.57. The summed E-state index contributed by atoms with van der Waals surface area (Å²) in [5.41, 5.74) is 3.90. The van der Waals surface area contributed by atoms with Crippen molar-refractivity contribution in [1.82, 2.24) is 0 Å². The molecular formula is C13H20N2. The van der Waals surface area contributed by atoms with Crippen LogP contribution < -0.4 is 10.2 Å². The molecule has 0 aromatic heterocycles. The Balaban J connectivity index is 2.10. The molecule has 1 aliphatic rings. The highest BCUT2D eigenvalue weighted by atomic mass is 15.1. The Morgan fingerprint density at radius 3 is 2.47 bits per heavy atom. The Labute approximate surface area is 92.3 Å². The molecule has 2 nitrogen and oxygen atoms in total. The van der Waals surface area contributed by atoms with E-state index in [9.17, 15) is 0 Å². The minimum atomic E-state index is 0.717. The summed E-state index contributed by atoms with van der Waals surface area (Å²) < 4.78 is 0. The summed E-state index contributed by atoms with van der Waals surface area (Å²) in [6.45, 7) is 2.17. The number of nitrogens with one attached hydrogen (secondary N) is 1. The van der Waals surface area contributed by atoms with Gasteiger partial charge in [0, 0.05) is 31.5 Å². The molecule has 1 aliphatic carbocycles. The standard InChI is InChI=1S/C13H20N2/c1-10-9-12(14-11-5-4-6-11)7-8-13(10)15(2)3/h7-9,11,14H,4-6H2,1-3H3. The summed E-state index contributed by atoms with van der Waals surface area (Å²) in [6.07, 6.45) is 4.04. The van der Waals surface area contributed by atoms with Crippen LogP contribution >= 0.6 is 0 Å². The molecular weight excluding hydrogens is 184 g/mol. The summed E-state index contributed by atoms with van der Waals surface area (Å²) in [4.78, 5) is 2.16. The van der Waals surface area contributed by atoms with Crippen LogP contribution in [0.25, 0.3) is 0 Å². The molecule has 1 saturated carbocycles. The van der Waals surface area contributed by atoms with E-state index in [0.717, 1.165) is 6.04 Å². The summed E-state index contributed by atoms with van der Waals surface area (Å²) >= 11 is 0. The van der Waals surface area contributed by atoms with E-state index in [1.54, 1.807) is 0 Å². The molecule has 1 aromatic rings. The minimum Gasteiger partial charge on any atom is -0.382 e. The van der Waals surface area contributed by atoms with Crippen LogP contribution in [0, 0.1) is 6.92 Å². The van der Waals surface area contributed by atoms with Crippen LogP contribution in [0.3, 0.4) is 0 Å². The highest BCUT2D eigenvalue weighted by Crippen LogP contribution is 2.26. The van der Waals surface area contributed by atoms with Crippen LogP contribution in [-0.4, -0.2) is 20.1 Å². The maximum atomic E-state index is 3.57. The van der Waals surface area contributed by atoms with Crippen molar-refractivity contribution >= 4 is 11.4 Å². The van der Waals surface area contributed by atoms with E-state index in [1.165, 1.54) is 36.2 Å². The van der Waals surface area contributed by atoms with Gasteiger partial charge in [0.15, 0.2) is 0 Å². The van der Waals surface area contributed by atoms with E-state index in [0.29, 0.717) is 0 Å². The molecule has 1 fully saturated rings. The van der Waals surface area contributed by atoms with Gasteiger partial charge in [-0.25, -0.2) is 0 Å². The molecule has 0 bridgehead atoms. The maximum Gasteiger partial charge on any atom is 0.0392 e. The van der Waals surface area contributed by atoms with E-state index in [1.807, 2.05) is 0 Å². The first-order valence-corrected chi connectivity index (χ1v) is 5.71. The molecule has 82 valence electrons. The van der Waals surface area contributed by atoms with E-state index < -0.39 is 0 Å². The number of benzene rings is 1. The van der Waals surface area contributed by atoms with Crippen molar-refractivity contribution in [2.45, 2.75) is 32.2 Å². The van der Waals surface area contributed by atoms with Crippen LogP contribution in [0.15, 0.2) is 18.2 Å². The number of nitrogens with zero attached hydrogens (tertiary/aromatic N) is 1. The Hall–Kier alpha value is -1.18. The lowest BCUT2D eigenvalue weighted by molar-refractivity contribution is 0.445. The van der Waals surface area contributed by atoms with Gasteiger partial charge in [-0.2, -0.15) is 0 Å². The van der Waals surface area contributed by atoms with Gasteiger partial charge < -0.3 is 10.2 Å². The number of aryl methyl sites for hydroxylation is 1. The zero-order chi connectivity index (χ0) is 10.8. The molecule has 0 aliphatic heterocycles. The predicted molar refractivity (Wildman–Crippen MR) is 66.8 cm³/mol. The molecule has 0 radical (unpaired) electrons. The fourth-order valence-electron chi connectivity index (χ4n) is 2.04. The third kappa shape index (κ3) is 2.25. The second-order valence-corrected chi connectivity index (χ2v) is 4.67. The number of anilines is 2. The highest BCUT2D eigenvalue weighted by molar-refractivity contribution is 5.60. The Kier molecular flexibility index (Phi) is 2.85. The van der Waals surface area contributed by atoms with Crippen LogP contribution in [-0.2, 0) is 0 Å². The van der Waals surface area contributed by atoms with Crippen molar-refractivity contribution in [3.8, 4) is 0 Å². The van der Waals surface area contributed by atoms with Crippen molar-refractivity contribution in [3.63, 3.8) is 0 Å². The van der Waals surface area contributed by atoms with Crippen molar-refractivity contribution < 1.29 is 0 Å². The van der Waals surface area contributed by atoms with Gasteiger partial charge in [0.25, 0.3) is 0 Å². The van der Waals surface area contributed by atoms with Crippen molar-refractivity contribution in [3.05, 3.63) is 23.8 Å². The quantitative estimate of drug-likeness (QED) is 0.814. The zero-order valence-corrected chi connectivity index (χ0v) is 9.88. The topological polar surface area (TPSA) is 15.3 Å². The Bertz CT molecular complexity index is 340. The fraction of sp³-hybridized carbons (Fsp3) is 0.538. The minimum absolute atomic E-state index is 0.717. The van der Waals surface area contributed by atoms with Crippen molar-refractivity contribution in [2.75, 3.05) is 24.3 Å². The largest absolute Gasteiger partial charge is 0.382 e. The SMILES string of the molecule is Cc1cc(NC2CCC2)ccc1N(C)C. The lowest BCUT2D eigenvalue weighted by Gasteiger charge is -2.28. The zero-order valence-electron chi connectivity index (χ0n) is 9.88. The van der Waals surface area contributed by atoms with E-state index in [-0.39, 0.29) is 0 Å². The number of hydrogen-bond donors (Lipinski definition) is 1. The van der Waals surface area contributed by atoms with Gasteiger partial charge >= 0.3 is 0 Å². The molecule has 1 N–H and O–H groups in total. The van der Waals surface area contributed by atoms with E-state index in [2.05, 4.69) is 49.4 Å². The van der Waals surface area contributed by atoms with E-state index in [4.69, 9.17) is 0 Å². The van der Waals surface area contributed by atoms with E-state index >= 15 is 0 Å². The molecule has 0 amide bonds. The molecule has 0 saturated heterocycles. The molecule has 0 unspecified atom stereocenters. The Morgan fingerprint density at radius 2 is 2.00 bits per heavy atom. The second-order valence-electron chi connectivity index (χ2n) is 4.67. The summed E-state index contributed by atoms with van der Waals surface area (Å²) in [7, 11) is 4.17. The molecule has 15 heavy (non-hydrogen) atoms. The molecule has 0 atom stereocenters. The molecule has 2 heteroatoms. The average Bonchev–Trinajstić information content (AvgIpc) is 2.11. The lowest BCUT2D eigenvalue weighted by Crippen LogP contribution is -2.27. The van der Waals surface area contributed by atoms with Gasteiger partial charge in [0.2, 0.25) is 0 Å². The van der Waals surface area contributed by atoms with Gasteiger partial charge in [0.05, 0.1) is 0 Å². The van der Waals surface area contributed by atoms with Crippen LogP contribution in [0.4, 0.5) is 11.4 Å². The molecule has 2 rings (SSSR count). The van der Waals surface area contributed by atoms with Crippen LogP contribution in [0.2, 0.25) is 0 Å².